The number of aromatic nitrogens is 2. The predicted molar refractivity (Wildman–Crippen MR) is 120 cm³/mol. The molecule has 0 radical (unpaired) electrons. The summed E-state index contributed by atoms with van der Waals surface area (Å²) in [6.07, 6.45) is 4.32. The van der Waals surface area contributed by atoms with E-state index < -0.39 is 0 Å². The van der Waals surface area contributed by atoms with Crippen molar-refractivity contribution in [1.82, 2.24) is 15.0 Å². The summed E-state index contributed by atoms with van der Waals surface area (Å²) in [6.45, 7) is 2.63. The van der Waals surface area contributed by atoms with E-state index in [2.05, 4.69) is 20.9 Å². The lowest BCUT2D eigenvalue weighted by atomic mass is 10.0. The van der Waals surface area contributed by atoms with Crippen molar-refractivity contribution in [3.63, 3.8) is 0 Å². The molecule has 1 amide bonds. The number of imidazole rings is 1. The number of carbonyl (C=O) groups is 1. The van der Waals surface area contributed by atoms with Gasteiger partial charge in [-0.25, -0.2) is 9.99 Å². The van der Waals surface area contributed by atoms with Crippen LogP contribution in [0.4, 0.5) is 0 Å². The molecule has 5 rings (SSSR count). The van der Waals surface area contributed by atoms with Gasteiger partial charge in [0.25, 0.3) is 5.91 Å². The Morgan fingerprint density at radius 1 is 1.10 bits per heavy atom. The summed E-state index contributed by atoms with van der Waals surface area (Å²) in [7, 11) is 0. The normalized spacial score (nSPS) is 20.0. The van der Waals surface area contributed by atoms with E-state index in [0.29, 0.717) is 13.0 Å². The van der Waals surface area contributed by atoms with Gasteiger partial charge in [-0.2, -0.15) is 5.10 Å². The first-order valence-electron chi connectivity index (χ1n) is 10.6. The van der Waals surface area contributed by atoms with Gasteiger partial charge in [0.1, 0.15) is 11.9 Å². The van der Waals surface area contributed by atoms with E-state index in [1.165, 1.54) is 24.2 Å². The number of nitrogens with zero attached hydrogens (tertiary/aromatic N) is 3. The zero-order valence-electron chi connectivity index (χ0n) is 16.8. The largest absolute Gasteiger partial charge is 0.340 e. The van der Waals surface area contributed by atoms with E-state index in [0.717, 1.165) is 45.7 Å². The number of nitrogens with one attached hydrogen (secondary N) is 2. The highest BCUT2D eigenvalue weighted by molar-refractivity contribution is 9.10. The number of H-pyrrole nitrogens is 1. The number of aromatic amines is 1. The van der Waals surface area contributed by atoms with E-state index in [1.54, 1.807) is 5.01 Å². The van der Waals surface area contributed by atoms with Crippen LogP contribution in [0.2, 0.25) is 0 Å². The first-order chi connectivity index (χ1) is 14.7. The molecule has 0 saturated carbocycles. The number of piperidine rings is 1. The minimum Gasteiger partial charge on any atom is -0.340 e. The SMILES string of the molecule is O=C(C[NH+]1CCCCC1)N1N=C(c2ccc(Br)cc2)C[C@@H]1c1nc2ccccc2[nH]1. The molecule has 3 heterocycles. The van der Waals surface area contributed by atoms with Crippen LogP contribution >= 0.6 is 15.9 Å². The van der Waals surface area contributed by atoms with Crippen LogP contribution in [0.15, 0.2) is 58.1 Å². The molecule has 7 heteroatoms. The zero-order chi connectivity index (χ0) is 20.5. The molecule has 2 N–H and O–H groups in total. The molecule has 1 aromatic heterocycles. The van der Waals surface area contributed by atoms with Gasteiger partial charge in [-0.3, -0.25) is 4.79 Å². The number of quaternary nitrogens is 1. The van der Waals surface area contributed by atoms with Crippen LogP contribution < -0.4 is 4.90 Å². The van der Waals surface area contributed by atoms with E-state index in [1.807, 2.05) is 48.5 Å². The summed E-state index contributed by atoms with van der Waals surface area (Å²) in [5, 5.41) is 6.47. The minimum absolute atomic E-state index is 0.0736. The quantitative estimate of drug-likeness (QED) is 0.620. The number of carbonyl (C=O) groups excluding carboxylic acids is 1. The first-order valence-corrected chi connectivity index (χ1v) is 11.4. The van der Waals surface area contributed by atoms with Crippen molar-refractivity contribution in [2.75, 3.05) is 19.6 Å². The fourth-order valence-corrected chi connectivity index (χ4v) is 4.69. The Balaban J connectivity index is 1.45. The average molecular weight is 467 g/mol. The number of hydrogen-bond donors (Lipinski definition) is 2. The van der Waals surface area contributed by atoms with Crippen LogP contribution in [0, 0.1) is 0 Å². The summed E-state index contributed by atoms with van der Waals surface area (Å²) in [5.41, 5.74) is 3.87. The van der Waals surface area contributed by atoms with Crippen LogP contribution in [-0.4, -0.2) is 46.2 Å². The molecule has 6 nitrogen and oxygen atoms in total. The third-order valence-corrected chi connectivity index (χ3v) is 6.56. The summed E-state index contributed by atoms with van der Waals surface area (Å²) >= 11 is 3.49. The van der Waals surface area contributed by atoms with Crippen LogP contribution in [0.5, 0.6) is 0 Å². The summed E-state index contributed by atoms with van der Waals surface area (Å²) in [4.78, 5) is 22.8. The Morgan fingerprint density at radius 3 is 2.63 bits per heavy atom. The number of hydrogen-bond acceptors (Lipinski definition) is 3. The Kier molecular flexibility index (Phi) is 5.39. The molecule has 30 heavy (non-hydrogen) atoms. The lowest BCUT2D eigenvalue weighted by Gasteiger charge is -2.26. The molecule has 1 saturated heterocycles. The zero-order valence-corrected chi connectivity index (χ0v) is 18.4. The summed E-state index contributed by atoms with van der Waals surface area (Å²) in [5.74, 6) is 0.874. The molecule has 2 aliphatic heterocycles. The van der Waals surface area contributed by atoms with Crippen molar-refractivity contribution in [2.45, 2.75) is 31.7 Å². The molecular weight excluding hydrogens is 442 g/mol. The lowest BCUT2D eigenvalue weighted by molar-refractivity contribution is -0.897. The highest BCUT2D eigenvalue weighted by Crippen LogP contribution is 2.32. The Bertz CT molecular complexity index is 1050. The van der Waals surface area contributed by atoms with Crippen LogP contribution in [0.3, 0.4) is 0 Å². The highest BCUT2D eigenvalue weighted by Gasteiger charge is 2.36. The second-order valence-electron chi connectivity index (χ2n) is 8.14. The standard InChI is InChI=1S/C23H24BrN5O/c24-17-10-8-16(9-11-17)20-14-21(23-25-18-6-2-3-7-19(18)26-23)29(27-20)22(30)15-28-12-4-1-5-13-28/h2-3,6-11,21H,1,4-5,12-15H2,(H,25,26)/p+1/t21-/m1/s1. The van der Waals surface area contributed by atoms with Crippen molar-refractivity contribution < 1.29 is 9.69 Å². The number of hydrazone groups is 1. The molecule has 0 unspecified atom stereocenters. The lowest BCUT2D eigenvalue weighted by Crippen LogP contribution is -3.13. The number of likely N-dealkylation sites (tertiary alicyclic amines) is 1. The smallest absolute Gasteiger partial charge is 0.298 e. The van der Waals surface area contributed by atoms with Gasteiger partial charge in [0.2, 0.25) is 0 Å². The number of rotatable bonds is 4. The van der Waals surface area contributed by atoms with Crippen LogP contribution in [0.25, 0.3) is 11.0 Å². The average Bonchev–Trinajstić information content (AvgIpc) is 3.39. The molecule has 0 spiro atoms. The molecule has 2 aliphatic rings. The number of fused-ring (bicyclic) bond motifs is 1. The number of para-hydroxylation sites is 2. The highest BCUT2D eigenvalue weighted by atomic mass is 79.9. The van der Waals surface area contributed by atoms with Gasteiger partial charge in [0, 0.05) is 10.9 Å². The van der Waals surface area contributed by atoms with E-state index >= 15 is 0 Å². The minimum atomic E-state index is -0.201. The Morgan fingerprint density at radius 2 is 1.87 bits per heavy atom. The van der Waals surface area contributed by atoms with Gasteiger partial charge in [-0.05, 0) is 49.1 Å². The molecule has 1 fully saturated rings. The Hall–Kier alpha value is -2.51. The Labute approximate surface area is 184 Å². The third kappa shape index (κ3) is 3.91. The first kappa shape index (κ1) is 19.5. The number of amides is 1. The van der Waals surface area contributed by atoms with Crippen molar-refractivity contribution in [3.8, 4) is 0 Å². The summed E-state index contributed by atoms with van der Waals surface area (Å²) in [6, 6.07) is 15.9. The molecule has 3 aromatic rings. The second-order valence-corrected chi connectivity index (χ2v) is 9.05. The maximum atomic E-state index is 13.3. The van der Waals surface area contributed by atoms with Gasteiger partial charge in [0.15, 0.2) is 6.54 Å². The number of benzene rings is 2. The van der Waals surface area contributed by atoms with Gasteiger partial charge in [0.05, 0.1) is 29.8 Å². The maximum Gasteiger partial charge on any atom is 0.298 e. The molecule has 0 bridgehead atoms. The van der Waals surface area contributed by atoms with E-state index in [4.69, 9.17) is 10.1 Å². The second kappa shape index (κ2) is 8.32. The molecule has 0 aliphatic carbocycles. The molecular formula is C23H25BrN5O+. The molecule has 2 aromatic carbocycles. The monoisotopic (exact) mass is 466 g/mol. The van der Waals surface area contributed by atoms with E-state index in [-0.39, 0.29) is 11.9 Å². The van der Waals surface area contributed by atoms with Crippen molar-refractivity contribution in [1.29, 1.82) is 0 Å². The van der Waals surface area contributed by atoms with Crippen molar-refractivity contribution in [3.05, 3.63) is 64.4 Å². The summed E-state index contributed by atoms with van der Waals surface area (Å²) < 4.78 is 1.03. The fraction of sp³-hybridized carbons (Fsp3) is 0.348. The maximum absolute atomic E-state index is 13.3. The van der Waals surface area contributed by atoms with Gasteiger partial charge in [-0.15, -0.1) is 0 Å². The predicted octanol–water partition coefficient (Wildman–Crippen LogP) is 3.07. The fourth-order valence-electron chi connectivity index (χ4n) is 4.42. The van der Waals surface area contributed by atoms with Gasteiger partial charge >= 0.3 is 0 Å². The topological polar surface area (TPSA) is 65.8 Å². The van der Waals surface area contributed by atoms with Crippen LogP contribution in [-0.2, 0) is 4.79 Å². The van der Waals surface area contributed by atoms with Crippen LogP contribution in [0.1, 0.15) is 43.1 Å². The van der Waals surface area contributed by atoms with Crippen molar-refractivity contribution >= 4 is 38.6 Å². The van der Waals surface area contributed by atoms with Crippen molar-refractivity contribution in [2.24, 2.45) is 5.10 Å². The number of halogens is 1. The van der Waals surface area contributed by atoms with Gasteiger partial charge in [-0.1, -0.05) is 40.2 Å². The van der Waals surface area contributed by atoms with Gasteiger partial charge < -0.3 is 9.88 Å². The molecule has 154 valence electrons. The van der Waals surface area contributed by atoms with E-state index in [9.17, 15) is 4.79 Å². The molecule has 1 atom stereocenters. The third-order valence-electron chi connectivity index (χ3n) is 6.03.